The molecular formula is C27H30BrN3O2. The van der Waals surface area contributed by atoms with Crippen LogP contribution in [0.1, 0.15) is 57.1 Å². The fourth-order valence-corrected chi connectivity index (χ4v) is 5.53. The largest absolute Gasteiger partial charge is 0.494 e. The molecule has 0 amide bonds. The molecule has 5 rings (SSSR count). The van der Waals surface area contributed by atoms with Crippen LogP contribution in [0.25, 0.3) is 10.9 Å². The van der Waals surface area contributed by atoms with Crippen LogP contribution in [-0.2, 0) is 4.84 Å². The Morgan fingerprint density at radius 2 is 1.97 bits per heavy atom. The molecule has 5 nitrogen and oxygen atoms in total. The smallest absolute Gasteiger partial charge is 0.199 e. The van der Waals surface area contributed by atoms with Crippen molar-refractivity contribution in [2.45, 2.75) is 46.0 Å². The monoisotopic (exact) mass is 507 g/mol. The van der Waals surface area contributed by atoms with Gasteiger partial charge in [0.25, 0.3) is 0 Å². The van der Waals surface area contributed by atoms with Gasteiger partial charge in [0.05, 0.1) is 11.3 Å². The van der Waals surface area contributed by atoms with E-state index in [4.69, 9.17) is 9.83 Å². The number of aromatic hydroxyl groups is 1. The summed E-state index contributed by atoms with van der Waals surface area (Å²) in [5, 5.41) is 16.2. The van der Waals surface area contributed by atoms with E-state index < -0.39 is 0 Å². The topological polar surface area (TPSA) is 70.0 Å². The molecule has 1 aromatic heterocycles. The van der Waals surface area contributed by atoms with Crippen molar-refractivity contribution in [3.63, 3.8) is 0 Å². The van der Waals surface area contributed by atoms with Crippen molar-refractivity contribution in [2.24, 2.45) is 27.9 Å². The lowest BCUT2D eigenvalue weighted by atomic mass is 9.76. The van der Waals surface area contributed by atoms with E-state index in [0.717, 1.165) is 44.9 Å². The van der Waals surface area contributed by atoms with Gasteiger partial charge in [-0.05, 0) is 61.3 Å². The van der Waals surface area contributed by atoms with Gasteiger partial charge in [0, 0.05) is 20.9 Å². The Morgan fingerprint density at radius 3 is 2.79 bits per heavy atom. The maximum absolute atomic E-state index is 10.7. The molecule has 2 N–H and O–H groups in total. The minimum atomic E-state index is 0.0857. The fraction of sp³-hybridized carbons (Fsp3) is 0.407. The van der Waals surface area contributed by atoms with Gasteiger partial charge >= 0.3 is 0 Å². The Bertz CT molecular complexity index is 1220. The molecule has 2 aliphatic rings. The average Bonchev–Trinajstić information content (AvgIpc) is 3.33. The quantitative estimate of drug-likeness (QED) is 0.270. The van der Waals surface area contributed by atoms with Gasteiger partial charge in [-0.3, -0.25) is 0 Å². The predicted octanol–water partition coefficient (Wildman–Crippen LogP) is 7.34. The van der Waals surface area contributed by atoms with Gasteiger partial charge in [0.2, 0.25) is 0 Å². The van der Waals surface area contributed by atoms with Crippen LogP contribution in [-0.4, -0.2) is 28.1 Å². The van der Waals surface area contributed by atoms with Crippen molar-refractivity contribution in [1.82, 2.24) is 4.98 Å². The van der Waals surface area contributed by atoms with Crippen molar-refractivity contribution < 1.29 is 9.94 Å². The number of aliphatic imine (C=N–C) groups is 1. The van der Waals surface area contributed by atoms with Crippen molar-refractivity contribution in [3.05, 3.63) is 58.1 Å². The zero-order chi connectivity index (χ0) is 22.9. The number of H-pyrrole nitrogens is 1. The molecule has 0 spiro atoms. The molecular weight excluding hydrogens is 478 g/mol. The molecule has 3 aromatic rings. The van der Waals surface area contributed by atoms with E-state index >= 15 is 0 Å². The fourth-order valence-electron chi connectivity index (χ4n) is 5.17. The second kappa shape index (κ2) is 9.34. The van der Waals surface area contributed by atoms with Crippen molar-refractivity contribution in [2.75, 3.05) is 6.61 Å². The molecule has 172 valence electrons. The summed E-state index contributed by atoms with van der Waals surface area (Å²) in [6.07, 6.45) is 6.35. The number of para-hydroxylation sites is 1. The number of nitrogens with zero attached hydrogens (tertiary/aromatic N) is 2. The van der Waals surface area contributed by atoms with Gasteiger partial charge in [-0.15, -0.1) is 0 Å². The van der Waals surface area contributed by atoms with Crippen LogP contribution in [0.5, 0.6) is 5.88 Å². The third-order valence-electron chi connectivity index (χ3n) is 7.28. The highest BCUT2D eigenvalue weighted by molar-refractivity contribution is 9.10. The van der Waals surface area contributed by atoms with Crippen molar-refractivity contribution in [3.8, 4) is 5.88 Å². The number of aromatic nitrogens is 1. The third-order valence-corrected chi connectivity index (χ3v) is 7.77. The van der Waals surface area contributed by atoms with Crippen molar-refractivity contribution >= 4 is 43.9 Å². The molecule has 1 atom stereocenters. The zero-order valence-corrected chi connectivity index (χ0v) is 20.7. The van der Waals surface area contributed by atoms with Crippen molar-refractivity contribution in [1.29, 1.82) is 0 Å². The second-order valence-corrected chi connectivity index (χ2v) is 10.5. The molecule has 2 aromatic carbocycles. The van der Waals surface area contributed by atoms with Crippen LogP contribution in [0, 0.1) is 17.8 Å². The van der Waals surface area contributed by atoms with E-state index in [0.29, 0.717) is 29.5 Å². The molecule has 1 aliphatic heterocycles. The van der Waals surface area contributed by atoms with Crippen LogP contribution in [0.2, 0.25) is 0 Å². The summed E-state index contributed by atoms with van der Waals surface area (Å²) in [4.78, 5) is 13.7. The lowest BCUT2D eigenvalue weighted by Crippen LogP contribution is -2.20. The molecule has 0 radical (unpaired) electrons. The van der Waals surface area contributed by atoms with Gasteiger partial charge < -0.3 is 14.9 Å². The Morgan fingerprint density at radius 1 is 1.18 bits per heavy atom. The van der Waals surface area contributed by atoms with Crippen LogP contribution in [0.3, 0.4) is 0 Å². The van der Waals surface area contributed by atoms with Crippen LogP contribution in [0.4, 0.5) is 5.69 Å². The number of aromatic amines is 1. The summed E-state index contributed by atoms with van der Waals surface area (Å²) < 4.78 is 0.937. The number of oxime groups is 1. The molecule has 1 unspecified atom stereocenters. The lowest BCUT2D eigenvalue weighted by Gasteiger charge is -2.30. The van der Waals surface area contributed by atoms with Gasteiger partial charge in [0.15, 0.2) is 5.88 Å². The van der Waals surface area contributed by atoms with E-state index in [1.54, 1.807) is 0 Å². The number of halogens is 1. The second-order valence-electron chi connectivity index (χ2n) is 9.58. The number of nitrogens with one attached hydrogen (secondary N) is 1. The summed E-state index contributed by atoms with van der Waals surface area (Å²) in [7, 11) is 0. The maximum atomic E-state index is 10.7. The highest BCUT2D eigenvalue weighted by atomic mass is 79.9. The first-order chi connectivity index (χ1) is 16.0. The summed E-state index contributed by atoms with van der Waals surface area (Å²) in [5.74, 6) is 2.39. The molecule has 33 heavy (non-hydrogen) atoms. The highest BCUT2D eigenvalue weighted by Gasteiger charge is 2.29. The highest BCUT2D eigenvalue weighted by Crippen LogP contribution is 2.37. The minimum Gasteiger partial charge on any atom is -0.494 e. The zero-order valence-electron chi connectivity index (χ0n) is 19.1. The first-order valence-electron chi connectivity index (χ1n) is 11.9. The Hall–Kier alpha value is -2.60. The van der Waals surface area contributed by atoms with E-state index in [9.17, 15) is 5.11 Å². The van der Waals surface area contributed by atoms with E-state index in [1.807, 2.05) is 42.5 Å². The summed E-state index contributed by atoms with van der Waals surface area (Å²) >= 11 is 3.54. The SMILES string of the molecule is CC1CCC(C(C)CCON=C2C(c3c(O)[nH]c4ccc(Br)cc34)=Nc3ccccc32)CC1. The Labute approximate surface area is 203 Å². The first-order valence-corrected chi connectivity index (χ1v) is 12.7. The number of hydrogen-bond acceptors (Lipinski definition) is 4. The lowest BCUT2D eigenvalue weighted by molar-refractivity contribution is 0.112. The Kier molecular flexibility index (Phi) is 6.28. The number of benzene rings is 2. The summed E-state index contributed by atoms with van der Waals surface area (Å²) in [6, 6.07) is 13.8. The molecule has 1 aliphatic carbocycles. The van der Waals surface area contributed by atoms with Crippen LogP contribution in [0.15, 0.2) is 57.1 Å². The molecule has 6 heteroatoms. The predicted molar refractivity (Wildman–Crippen MR) is 138 cm³/mol. The third kappa shape index (κ3) is 4.45. The Balaban J connectivity index is 1.38. The number of hydrogen-bond donors (Lipinski definition) is 2. The van der Waals surface area contributed by atoms with Gasteiger partial charge in [-0.1, -0.05) is 66.0 Å². The van der Waals surface area contributed by atoms with Crippen LogP contribution < -0.4 is 0 Å². The normalized spacial score (nSPS) is 22.4. The standard InChI is InChI=1S/C27H30BrN3O2/c1-16-7-9-18(10-8-16)17(2)13-14-33-31-25-20-5-3-4-6-22(20)29-26(25)24-21-15-19(28)11-12-23(21)30-27(24)32/h3-6,11-12,15-18,30,32H,7-10,13-14H2,1-2H3. The first kappa shape index (κ1) is 22.2. The van der Waals surface area contributed by atoms with E-state index in [2.05, 4.69) is 39.9 Å². The summed E-state index contributed by atoms with van der Waals surface area (Å²) in [6.45, 7) is 5.29. The molecule has 1 saturated carbocycles. The van der Waals surface area contributed by atoms with Gasteiger partial charge in [-0.25, -0.2) is 4.99 Å². The average molecular weight is 508 g/mol. The maximum Gasteiger partial charge on any atom is 0.199 e. The molecule has 0 saturated heterocycles. The van der Waals surface area contributed by atoms with Gasteiger partial charge in [0.1, 0.15) is 18.0 Å². The number of fused-ring (bicyclic) bond motifs is 2. The van der Waals surface area contributed by atoms with Gasteiger partial charge in [-0.2, -0.15) is 0 Å². The van der Waals surface area contributed by atoms with E-state index in [-0.39, 0.29) is 5.88 Å². The summed E-state index contributed by atoms with van der Waals surface area (Å²) in [5.41, 5.74) is 4.55. The van der Waals surface area contributed by atoms with E-state index in [1.165, 1.54) is 25.7 Å². The number of rotatable bonds is 6. The molecule has 0 bridgehead atoms. The molecule has 2 heterocycles. The molecule has 1 fully saturated rings. The minimum absolute atomic E-state index is 0.0857. The van der Waals surface area contributed by atoms with Crippen LogP contribution >= 0.6 is 15.9 Å².